The second kappa shape index (κ2) is 3.68. The Morgan fingerprint density at radius 1 is 1.42 bits per heavy atom. The third-order valence-corrected chi connectivity index (χ3v) is 1.30. The summed E-state index contributed by atoms with van der Waals surface area (Å²) in [5, 5.41) is 10.3. The molecule has 1 aromatic carbocycles. The van der Waals surface area contributed by atoms with E-state index in [9.17, 15) is 10.1 Å². The van der Waals surface area contributed by atoms with Crippen LogP contribution in [0.25, 0.3) is 0 Å². The van der Waals surface area contributed by atoms with Crippen molar-refractivity contribution in [3.8, 4) is 0 Å². The Morgan fingerprint density at radius 3 is 2.42 bits per heavy atom. The van der Waals surface area contributed by atoms with Gasteiger partial charge in [-0.2, -0.15) is 0 Å². The minimum Gasteiger partial charge on any atom is -0.232 e. The molecule has 0 fully saturated rings. The first-order valence-electron chi connectivity index (χ1n) is 3.29. The number of hydrogen-bond acceptors (Lipinski definition) is 3. The summed E-state index contributed by atoms with van der Waals surface area (Å²) in [6, 6.07) is 8.35. The van der Waals surface area contributed by atoms with E-state index in [1.165, 1.54) is 7.11 Å². The molecule has 12 heavy (non-hydrogen) atoms. The van der Waals surface area contributed by atoms with Crippen LogP contribution in [0.1, 0.15) is 0 Å². The van der Waals surface area contributed by atoms with Crippen molar-refractivity contribution in [2.75, 3.05) is 12.3 Å². The van der Waals surface area contributed by atoms with Crippen molar-refractivity contribution in [1.29, 1.82) is 0 Å². The molecule has 0 heterocycles. The maximum atomic E-state index is 10.3. The molecule has 0 amide bonds. The smallest absolute Gasteiger partial charge is 0.192 e. The summed E-state index contributed by atoms with van der Waals surface area (Å²) in [6.07, 6.45) is 0. The number of anilines is 1. The van der Waals surface area contributed by atoms with Gasteiger partial charge in [0.15, 0.2) is 5.03 Å². The highest BCUT2D eigenvalue weighted by molar-refractivity contribution is 5.40. The number of nitrogens with zero attached hydrogens (tertiary/aromatic N) is 2. The minimum absolute atomic E-state index is 0.394. The lowest BCUT2D eigenvalue weighted by molar-refractivity contribution is -0.544. The molecule has 1 rings (SSSR count). The van der Waals surface area contributed by atoms with Gasteiger partial charge < -0.3 is 0 Å². The number of benzene rings is 1. The highest BCUT2D eigenvalue weighted by Crippen LogP contribution is 2.12. The van der Waals surface area contributed by atoms with E-state index in [2.05, 4.69) is 4.84 Å². The Balaban J connectivity index is 2.88. The summed E-state index contributed by atoms with van der Waals surface area (Å²) in [6.45, 7) is 0. The molecule has 5 nitrogen and oxygen atoms in total. The Hall–Kier alpha value is -1.62. The zero-order chi connectivity index (χ0) is 8.97. The van der Waals surface area contributed by atoms with Crippen LogP contribution in [0.3, 0.4) is 0 Å². The van der Waals surface area contributed by atoms with E-state index >= 15 is 0 Å². The summed E-state index contributed by atoms with van der Waals surface area (Å²) in [5.41, 5.74) is 0.394. The van der Waals surface area contributed by atoms with E-state index < -0.39 is 5.03 Å². The molecular formula is C7H8N2O3. The number of rotatable bonds is 3. The van der Waals surface area contributed by atoms with Gasteiger partial charge in [0, 0.05) is 5.17 Å². The van der Waals surface area contributed by atoms with Crippen molar-refractivity contribution < 1.29 is 9.87 Å². The molecule has 0 aliphatic rings. The van der Waals surface area contributed by atoms with Crippen molar-refractivity contribution in [1.82, 2.24) is 0 Å². The summed E-state index contributed by atoms with van der Waals surface area (Å²) in [7, 11) is 1.25. The molecule has 0 bridgehead atoms. The minimum atomic E-state index is -0.630. The van der Waals surface area contributed by atoms with Crippen LogP contribution in [-0.4, -0.2) is 12.1 Å². The van der Waals surface area contributed by atoms with Gasteiger partial charge in [-0.25, -0.2) is 15.0 Å². The number of nitro groups is 1. The number of hydrazine groups is 1. The van der Waals surface area contributed by atoms with Gasteiger partial charge in [-0.15, -0.1) is 0 Å². The summed E-state index contributed by atoms with van der Waals surface area (Å²) in [4.78, 5) is 14.9. The second-order valence-electron chi connectivity index (χ2n) is 2.03. The molecule has 0 saturated heterocycles. The second-order valence-corrected chi connectivity index (χ2v) is 2.03. The molecule has 0 aliphatic carbocycles. The largest absolute Gasteiger partial charge is 0.232 e. The zero-order valence-corrected chi connectivity index (χ0v) is 6.51. The van der Waals surface area contributed by atoms with Crippen molar-refractivity contribution >= 4 is 5.69 Å². The first-order chi connectivity index (χ1) is 5.75. The van der Waals surface area contributed by atoms with Crippen molar-refractivity contribution in [3.63, 3.8) is 0 Å². The fourth-order valence-corrected chi connectivity index (χ4v) is 0.822. The fraction of sp³-hybridized carbons (Fsp3) is 0.143. The van der Waals surface area contributed by atoms with E-state index in [0.29, 0.717) is 10.9 Å². The fourth-order valence-electron chi connectivity index (χ4n) is 0.822. The molecule has 0 N–H and O–H groups in total. The molecule has 0 aliphatic heterocycles. The Kier molecular flexibility index (Phi) is 2.60. The lowest BCUT2D eigenvalue weighted by Crippen LogP contribution is -2.28. The Bertz CT molecular complexity index is 263. The van der Waals surface area contributed by atoms with Crippen LogP contribution >= 0.6 is 0 Å². The maximum absolute atomic E-state index is 10.3. The van der Waals surface area contributed by atoms with Crippen LogP contribution in [0.5, 0.6) is 0 Å². The van der Waals surface area contributed by atoms with Gasteiger partial charge in [0.1, 0.15) is 5.69 Å². The monoisotopic (exact) mass is 168 g/mol. The van der Waals surface area contributed by atoms with Crippen molar-refractivity contribution in [2.24, 2.45) is 0 Å². The molecule has 0 radical (unpaired) electrons. The lowest BCUT2D eigenvalue weighted by atomic mass is 10.3. The summed E-state index contributed by atoms with van der Waals surface area (Å²) < 4.78 is 0. The van der Waals surface area contributed by atoms with Gasteiger partial charge in [0.05, 0.1) is 7.11 Å². The average molecular weight is 168 g/mol. The van der Waals surface area contributed by atoms with Crippen LogP contribution in [0.15, 0.2) is 30.3 Å². The van der Waals surface area contributed by atoms with Crippen LogP contribution < -0.4 is 5.17 Å². The van der Waals surface area contributed by atoms with Crippen LogP contribution in [0.4, 0.5) is 5.69 Å². The van der Waals surface area contributed by atoms with Crippen LogP contribution in [0, 0.1) is 10.1 Å². The molecule has 1 aromatic rings. The van der Waals surface area contributed by atoms with Crippen LogP contribution in [-0.2, 0) is 4.84 Å². The van der Waals surface area contributed by atoms with Gasteiger partial charge in [0.2, 0.25) is 0 Å². The van der Waals surface area contributed by atoms with Gasteiger partial charge in [-0.1, -0.05) is 18.2 Å². The standard InChI is InChI=1S/C7H8N2O3/c1-12-8(9(10)11)7-5-3-2-4-6-7/h2-6H,1H3. The first kappa shape index (κ1) is 8.48. The number of para-hydroxylation sites is 1. The van der Waals surface area contributed by atoms with E-state index in [1.54, 1.807) is 30.3 Å². The molecule has 0 spiro atoms. The van der Waals surface area contributed by atoms with E-state index in [-0.39, 0.29) is 0 Å². The Labute approximate surface area is 69.2 Å². The maximum Gasteiger partial charge on any atom is 0.192 e. The summed E-state index contributed by atoms with van der Waals surface area (Å²) in [5.74, 6) is 0. The van der Waals surface area contributed by atoms with E-state index in [1.807, 2.05) is 0 Å². The van der Waals surface area contributed by atoms with E-state index in [4.69, 9.17) is 0 Å². The SMILES string of the molecule is CON(c1ccccc1)[N+](=O)[O-]. The van der Waals surface area contributed by atoms with Gasteiger partial charge >= 0.3 is 0 Å². The van der Waals surface area contributed by atoms with Gasteiger partial charge in [-0.05, 0) is 12.1 Å². The predicted molar refractivity (Wildman–Crippen MR) is 42.9 cm³/mol. The van der Waals surface area contributed by atoms with Crippen molar-refractivity contribution in [2.45, 2.75) is 0 Å². The van der Waals surface area contributed by atoms with Crippen molar-refractivity contribution in [3.05, 3.63) is 40.4 Å². The zero-order valence-electron chi connectivity index (χ0n) is 6.51. The average Bonchev–Trinajstić information content (AvgIpc) is 2.07. The highest BCUT2D eigenvalue weighted by Gasteiger charge is 2.15. The van der Waals surface area contributed by atoms with Crippen LogP contribution in [0.2, 0.25) is 0 Å². The third-order valence-electron chi connectivity index (χ3n) is 1.30. The Morgan fingerprint density at radius 2 is 2.00 bits per heavy atom. The predicted octanol–water partition coefficient (Wildman–Crippen LogP) is 1.25. The first-order valence-corrected chi connectivity index (χ1v) is 3.29. The highest BCUT2D eigenvalue weighted by atomic mass is 16.8. The topological polar surface area (TPSA) is 55.6 Å². The van der Waals surface area contributed by atoms with E-state index in [0.717, 1.165) is 0 Å². The molecular weight excluding hydrogens is 160 g/mol. The summed E-state index contributed by atoms with van der Waals surface area (Å²) >= 11 is 0. The molecule has 0 aromatic heterocycles. The molecule has 0 saturated carbocycles. The van der Waals surface area contributed by atoms with Gasteiger partial charge in [0.25, 0.3) is 0 Å². The molecule has 0 atom stereocenters. The normalized spacial score (nSPS) is 9.42. The van der Waals surface area contributed by atoms with Gasteiger partial charge in [-0.3, -0.25) is 0 Å². The number of hydrogen-bond donors (Lipinski definition) is 0. The molecule has 0 unspecified atom stereocenters. The third kappa shape index (κ3) is 1.70. The molecule has 5 heteroatoms. The lowest BCUT2D eigenvalue weighted by Gasteiger charge is -2.08. The molecule has 64 valence electrons. The quantitative estimate of drug-likeness (QED) is 0.503.